The molecule has 0 spiro atoms. The lowest BCUT2D eigenvalue weighted by molar-refractivity contribution is -0.384. The Balaban J connectivity index is 1.72. The van der Waals surface area contributed by atoms with E-state index >= 15 is 0 Å². The van der Waals surface area contributed by atoms with E-state index in [1.54, 1.807) is 24.3 Å². The van der Waals surface area contributed by atoms with Gasteiger partial charge in [-0.3, -0.25) is 25.8 Å². The van der Waals surface area contributed by atoms with Gasteiger partial charge in [0.05, 0.1) is 4.92 Å². The van der Waals surface area contributed by atoms with Crippen molar-refractivity contribution in [2.45, 2.75) is 0 Å². The van der Waals surface area contributed by atoms with Crippen LogP contribution in [0, 0.1) is 10.1 Å². The van der Waals surface area contributed by atoms with Gasteiger partial charge in [-0.1, -0.05) is 11.6 Å². The maximum Gasteiger partial charge on any atom is 0.276 e. The van der Waals surface area contributed by atoms with Crippen LogP contribution in [0.3, 0.4) is 0 Å². The lowest BCUT2D eigenvalue weighted by Gasteiger charge is -2.12. The zero-order valence-corrected chi connectivity index (χ0v) is 14.3. The van der Waals surface area contributed by atoms with Gasteiger partial charge in [0.2, 0.25) is 0 Å². The third kappa shape index (κ3) is 6.24. The Morgan fingerprint density at radius 1 is 1.12 bits per heavy atom. The number of hydrazine groups is 1. The van der Waals surface area contributed by atoms with Crippen molar-refractivity contribution >= 4 is 46.2 Å². The summed E-state index contributed by atoms with van der Waals surface area (Å²) in [5.74, 6) is 0.0638. The molecule has 0 aliphatic heterocycles. The molecule has 0 aromatic heterocycles. The molecule has 2 aromatic carbocycles. The first-order valence-electron chi connectivity index (χ1n) is 6.93. The van der Waals surface area contributed by atoms with Crippen molar-refractivity contribution < 1.29 is 14.5 Å². The number of nitro benzene ring substituents is 1. The molecule has 3 N–H and O–H groups in total. The van der Waals surface area contributed by atoms with Crippen molar-refractivity contribution in [3.05, 3.63) is 63.7 Å². The average Bonchev–Trinajstić information content (AvgIpc) is 2.60. The maximum atomic E-state index is 11.7. The van der Waals surface area contributed by atoms with Crippen LogP contribution in [0.25, 0.3) is 0 Å². The van der Waals surface area contributed by atoms with Crippen LogP contribution in [0.5, 0.6) is 5.75 Å². The number of halogens is 1. The highest BCUT2D eigenvalue weighted by Gasteiger charge is 2.06. The molecule has 0 saturated carbocycles. The minimum Gasteiger partial charge on any atom is -0.484 e. The van der Waals surface area contributed by atoms with Gasteiger partial charge in [-0.15, -0.1) is 0 Å². The van der Waals surface area contributed by atoms with Gasteiger partial charge in [0.1, 0.15) is 5.75 Å². The van der Waals surface area contributed by atoms with Crippen LogP contribution in [-0.2, 0) is 4.79 Å². The quantitative estimate of drug-likeness (QED) is 0.416. The molecule has 0 bridgehead atoms. The number of non-ortho nitro benzene ring substituents is 1. The molecule has 0 aliphatic rings. The summed E-state index contributed by atoms with van der Waals surface area (Å²) in [5, 5.41) is 14.0. The van der Waals surface area contributed by atoms with E-state index in [0.29, 0.717) is 16.5 Å². The third-order valence-corrected chi connectivity index (χ3v) is 3.29. The van der Waals surface area contributed by atoms with Crippen LogP contribution in [0.1, 0.15) is 0 Å². The predicted octanol–water partition coefficient (Wildman–Crippen LogP) is 2.64. The Bertz CT molecular complexity index is 768. The van der Waals surface area contributed by atoms with Gasteiger partial charge < -0.3 is 10.1 Å². The van der Waals surface area contributed by atoms with Gasteiger partial charge in [-0.25, -0.2) is 0 Å². The van der Waals surface area contributed by atoms with Crippen molar-refractivity contribution in [1.29, 1.82) is 0 Å². The van der Waals surface area contributed by atoms with E-state index in [9.17, 15) is 14.9 Å². The van der Waals surface area contributed by atoms with Gasteiger partial charge in [0, 0.05) is 22.8 Å². The molecular weight excluding hydrogens is 368 g/mol. The van der Waals surface area contributed by atoms with Crippen LogP contribution < -0.4 is 20.9 Å². The summed E-state index contributed by atoms with van der Waals surface area (Å²) in [6.07, 6.45) is 0. The smallest absolute Gasteiger partial charge is 0.276 e. The fraction of sp³-hybridized carbons (Fsp3) is 0.0667. The van der Waals surface area contributed by atoms with Gasteiger partial charge in [-0.05, 0) is 48.6 Å². The molecule has 0 fully saturated rings. The number of nitrogens with zero attached hydrogens (tertiary/aromatic N) is 1. The summed E-state index contributed by atoms with van der Waals surface area (Å²) >= 11 is 10.8. The fourth-order valence-corrected chi connectivity index (χ4v) is 1.97. The Hall–Kier alpha value is -2.91. The van der Waals surface area contributed by atoms with Crippen molar-refractivity contribution in [3.8, 4) is 5.75 Å². The van der Waals surface area contributed by atoms with E-state index in [1.807, 2.05) is 0 Å². The van der Waals surface area contributed by atoms with Crippen molar-refractivity contribution in [2.75, 3.05) is 11.9 Å². The van der Waals surface area contributed by atoms with E-state index < -0.39 is 10.8 Å². The van der Waals surface area contributed by atoms with Crippen LogP contribution in [0.15, 0.2) is 48.5 Å². The van der Waals surface area contributed by atoms with E-state index in [2.05, 4.69) is 16.2 Å². The second-order valence-electron chi connectivity index (χ2n) is 4.67. The molecule has 0 radical (unpaired) electrons. The second kappa shape index (κ2) is 8.81. The summed E-state index contributed by atoms with van der Waals surface area (Å²) in [5.41, 5.74) is 5.37. The van der Waals surface area contributed by atoms with E-state index in [0.717, 1.165) is 0 Å². The molecule has 130 valence electrons. The number of benzene rings is 2. The first kappa shape index (κ1) is 18.4. The highest BCUT2D eigenvalue weighted by atomic mass is 35.5. The predicted molar refractivity (Wildman–Crippen MR) is 97.5 cm³/mol. The monoisotopic (exact) mass is 380 g/mol. The maximum absolute atomic E-state index is 11.7. The lowest BCUT2D eigenvalue weighted by Crippen LogP contribution is -2.45. The van der Waals surface area contributed by atoms with Crippen molar-refractivity contribution in [2.24, 2.45) is 0 Å². The van der Waals surface area contributed by atoms with Crippen LogP contribution >= 0.6 is 23.8 Å². The standard InChI is InChI=1S/C15H13ClN4O4S/c16-10-1-7-13(8-2-10)24-9-14(21)18-19-15(25)17-11-3-5-12(6-4-11)20(22)23/h1-8H,9H2,(H,18,21)(H2,17,19,25). The summed E-state index contributed by atoms with van der Waals surface area (Å²) in [6, 6.07) is 12.3. The normalized spacial score (nSPS) is 9.80. The van der Waals surface area contributed by atoms with E-state index in [4.69, 9.17) is 28.6 Å². The minimum absolute atomic E-state index is 0.0305. The number of ether oxygens (including phenoxy) is 1. The molecule has 0 aliphatic carbocycles. The number of nitro groups is 1. The average molecular weight is 381 g/mol. The van der Waals surface area contributed by atoms with Gasteiger partial charge >= 0.3 is 0 Å². The Labute approximate surface area is 153 Å². The highest BCUT2D eigenvalue weighted by molar-refractivity contribution is 7.80. The topological polar surface area (TPSA) is 106 Å². The molecule has 2 aromatic rings. The third-order valence-electron chi connectivity index (χ3n) is 2.84. The molecule has 0 unspecified atom stereocenters. The molecule has 2 rings (SSSR count). The van der Waals surface area contributed by atoms with Gasteiger partial charge in [-0.2, -0.15) is 0 Å². The van der Waals surface area contributed by atoms with Crippen LogP contribution in [0.2, 0.25) is 5.02 Å². The molecule has 8 nitrogen and oxygen atoms in total. The number of rotatable bonds is 5. The molecule has 1 amide bonds. The van der Waals surface area contributed by atoms with Crippen LogP contribution in [0.4, 0.5) is 11.4 Å². The highest BCUT2D eigenvalue weighted by Crippen LogP contribution is 2.16. The second-order valence-corrected chi connectivity index (χ2v) is 5.52. The number of carbonyl (C=O) groups excluding carboxylic acids is 1. The van der Waals surface area contributed by atoms with E-state index in [1.165, 1.54) is 24.3 Å². The number of carbonyl (C=O) groups is 1. The molecule has 25 heavy (non-hydrogen) atoms. The SMILES string of the molecule is O=C(COc1ccc(Cl)cc1)NNC(=S)Nc1ccc([N+](=O)[O-])cc1. The molecule has 0 atom stereocenters. The van der Waals surface area contributed by atoms with Crippen LogP contribution in [-0.4, -0.2) is 22.5 Å². The zero-order valence-electron chi connectivity index (χ0n) is 12.7. The minimum atomic E-state index is -0.499. The molecule has 0 saturated heterocycles. The zero-order chi connectivity index (χ0) is 18.2. The lowest BCUT2D eigenvalue weighted by atomic mass is 10.3. The Kier molecular flexibility index (Phi) is 6.49. The fourth-order valence-electron chi connectivity index (χ4n) is 1.67. The Morgan fingerprint density at radius 2 is 1.76 bits per heavy atom. The summed E-state index contributed by atoms with van der Waals surface area (Å²) in [6.45, 7) is -0.214. The van der Waals surface area contributed by atoms with Crippen molar-refractivity contribution in [3.63, 3.8) is 0 Å². The number of thiocarbonyl (C=S) groups is 1. The molecule has 0 heterocycles. The summed E-state index contributed by atoms with van der Waals surface area (Å²) < 4.78 is 5.27. The summed E-state index contributed by atoms with van der Waals surface area (Å²) in [7, 11) is 0. The molecule has 10 heteroatoms. The number of hydrogen-bond acceptors (Lipinski definition) is 5. The number of amides is 1. The van der Waals surface area contributed by atoms with Gasteiger partial charge in [0.15, 0.2) is 11.7 Å². The number of nitrogens with one attached hydrogen (secondary N) is 3. The number of hydrogen-bond donors (Lipinski definition) is 3. The first-order chi connectivity index (χ1) is 11.9. The Morgan fingerprint density at radius 3 is 2.36 bits per heavy atom. The number of anilines is 1. The molecular formula is C15H13ClN4O4S. The first-order valence-corrected chi connectivity index (χ1v) is 7.71. The largest absolute Gasteiger partial charge is 0.484 e. The summed E-state index contributed by atoms with van der Waals surface area (Å²) in [4.78, 5) is 21.7. The van der Waals surface area contributed by atoms with Gasteiger partial charge in [0.25, 0.3) is 11.6 Å². The van der Waals surface area contributed by atoms with E-state index in [-0.39, 0.29) is 17.4 Å². The van der Waals surface area contributed by atoms with Crippen molar-refractivity contribution in [1.82, 2.24) is 10.9 Å².